The quantitative estimate of drug-likeness (QED) is 0.793. The summed E-state index contributed by atoms with van der Waals surface area (Å²) < 4.78 is 34.5. The van der Waals surface area contributed by atoms with Crippen molar-refractivity contribution in [3.63, 3.8) is 0 Å². The number of amides is 1. The molecular weight excluding hydrogens is 384 g/mol. The highest BCUT2D eigenvalue weighted by molar-refractivity contribution is 7.89. The van der Waals surface area contributed by atoms with Crippen molar-refractivity contribution in [3.05, 3.63) is 29.6 Å². The van der Waals surface area contributed by atoms with Crippen molar-refractivity contribution in [3.8, 4) is 11.5 Å². The minimum Gasteiger partial charge on any atom is -0.444 e. The van der Waals surface area contributed by atoms with Crippen molar-refractivity contribution in [1.29, 1.82) is 0 Å². The van der Waals surface area contributed by atoms with Gasteiger partial charge in [-0.3, -0.25) is 0 Å². The van der Waals surface area contributed by atoms with Crippen LogP contribution in [0.25, 0.3) is 11.5 Å². The number of hydrogen-bond acceptors (Lipinski definition) is 7. The Morgan fingerprint density at radius 2 is 2.00 bits per heavy atom. The van der Waals surface area contributed by atoms with Crippen molar-refractivity contribution < 1.29 is 22.5 Å². The van der Waals surface area contributed by atoms with Crippen LogP contribution in [0.2, 0.25) is 0 Å². The number of carbonyl (C=O) groups excluding carboxylic acids is 1. The summed E-state index contributed by atoms with van der Waals surface area (Å²) >= 11 is 0. The van der Waals surface area contributed by atoms with E-state index in [2.05, 4.69) is 15.5 Å². The maximum atomic E-state index is 12.2. The molecule has 1 aliphatic rings. The van der Waals surface area contributed by atoms with E-state index in [1.165, 1.54) is 6.07 Å². The van der Waals surface area contributed by atoms with Crippen LogP contribution in [-0.4, -0.2) is 30.3 Å². The Bertz CT molecular complexity index is 1000. The third kappa shape index (κ3) is 4.17. The predicted octanol–water partition coefficient (Wildman–Crippen LogP) is 2.60. The molecule has 3 rings (SSSR count). The maximum absolute atomic E-state index is 12.2. The molecule has 1 fully saturated rings. The van der Waals surface area contributed by atoms with Gasteiger partial charge in [-0.15, -0.1) is 0 Å². The largest absolute Gasteiger partial charge is 0.444 e. The first-order valence-corrected chi connectivity index (χ1v) is 10.4. The molecule has 1 aromatic carbocycles. The Hall–Kier alpha value is -2.46. The zero-order valence-electron chi connectivity index (χ0n) is 16.3. The fourth-order valence-corrected chi connectivity index (χ4v) is 3.73. The first-order valence-electron chi connectivity index (χ1n) is 8.89. The fourth-order valence-electron chi connectivity index (χ4n) is 3.02. The highest BCUT2D eigenvalue weighted by Crippen LogP contribution is 2.41. The van der Waals surface area contributed by atoms with E-state index in [4.69, 9.17) is 14.4 Å². The lowest BCUT2D eigenvalue weighted by molar-refractivity contribution is 0.0362. The van der Waals surface area contributed by atoms with Gasteiger partial charge < -0.3 is 14.6 Å². The van der Waals surface area contributed by atoms with Gasteiger partial charge >= 0.3 is 6.09 Å². The number of aromatic nitrogens is 2. The summed E-state index contributed by atoms with van der Waals surface area (Å²) in [5, 5.41) is 12.1. The van der Waals surface area contributed by atoms with E-state index in [1.54, 1.807) is 32.9 Å². The van der Waals surface area contributed by atoms with E-state index in [0.717, 1.165) is 12.0 Å². The van der Waals surface area contributed by atoms with Gasteiger partial charge in [-0.1, -0.05) is 16.8 Å². The SMILES string of the molecule is Cc1ccc(S(N)(=O)=O)c(-c2nc(C3(NC(=O)OC(C)(C)C)CCC3)no2)c1. The number of primary sulfonamides is 1. The number of rotatable bonds is 4. The van der Waals surface area contributed by atoms with Crippen LogP contribution in [0.1, 0.15) is 51.4 Å². The summed E-state index contributed by atoms with van der Waals surface area (Å²) in [6.07, 6.45) is 1.56. The molecule has 2 aromatic rings. The molecule has 1 amide bonds. The number of ether oxygens (including phenoxy) is 1. The standard InChI is InChI=1S/C18H24N4O5S/c1-11-6-7-13(28(19,24)25)12(10-11)14-20-15(22-27-14)18(8-5-9-18)21-16(23)26-17(2,3)4/h6-7,10H,5,8-9H2,1-4H3,(H,21,23)(H2,19,24,25). The van der Waals surface area contributed by atoms with Gasteiger partial charge in [-0.2, -0.15) is 4.98 Å². The topological polar surface area (TPSA) is 137 Å². The molecule has 152 valence electrons. The molecule has 9 nitrogen and oxygen atoms in total. The summed E-state index contributed by atoms with van der Waals surface area (Å²) in [6, 6.07) is 4.66. The molecular formula is C18H24N4O5S. The Balaban J connectivity index is 1.94. The highest BCUT2D eigenvalue weighted by atomic mass is 32.2. The predicted molar refractivity (Wildman–Crippen MR) is 101 cm³/mol. The molecule has 0 radical (unpaired) electrons. The number of alkyl carbamates (subject to hydrolysis) is 1. The summed E-state index contributed by atoms with van der Waals surface area (Å²) in [6.45, 7) is 7.14. The molecule has 0 spiro atoms. The first-order chi connectivity index (χ1) is 12.9. The lowest BCUT2D eigenvalue weighted by atomic mass is 9.76. The van der Waals surface area contributed by atoms with Gasteiger partial charge in [0.15, 0.2) is 5.82 Å². The van der Waals surface area contributed by atoms with Crippen LogP contribution in [0.3, 0.4) is 0 Å². The zero-order chi connectivity index (χ0) is 20.7. The number of nitrogens with one attached hydrogen (secondary N) is 1. The maximum Gasteiger partial charge on any atom is 0.408 e. The fraction of sp³-hybridized carbons (Fsp3) is 0.500. The number of benzene rings is 1. The van der Waals surface area contributed by atoms with E-state index in [0.29, 0.717) is 12.8 Å². The van der Waals surface area contributed by atoms with Gasteiger partial charge in [0.05, 0.1) is 10.5 Å². The number of nitrogens with zero attached hydrogens (tertiary/aromatic N) is 2. The first kappa shape index (κ1) is 20.3. The van der Waals surface area contributed by atoms with E-state index in [1.807, 2.05) is 6.92 Å². The molecule has 1 saturated carbocycles. The summed E-state index contributed by atoms with van der Waals surface area (Å²) in [7, 11) is -3.97. The average Bonchev–Trinajstić information content (AvgIpc) is 2.97. The summed E-state index contributed by atoms with van der Waals surface area (Å²) in [5.74, 6) is 0.307. The van der Waals surface area contributed by atoms with E-state index >= 15 is 0 Å². The Labute approximate surface area is 163 Å². The van der Waals surface area contributed by atoms with E-state index < -0.39 is 27.3 Å². The monoisotopic (exact) mass is 408 g/mol. The van der Waals surface area contributed by atoms with E-state index in [9.17, 15) is 13.2 Å². The normalized spacial score (nSPS) is 16.3. The van der Waals surface area contributed by atoms with Crippen molar-refractivity contribution >= 4 is 16.1 Å². The highest BCUT2D eigenvalue weighted by Gasteiger charge is 2.45. The molecule has 10 heteroatoms. The van der Waals surface area contributed by atoms with E-state index in [-0.39, 0.29) is 22.2 Å². The molecule has 0 unspecified atom stereocenters. The number of nitrogens with two attached hydrogens (primary N) is 1. The number of sulfonamides is 1. The summed E-state index contributed by atoms with van der Waals surface area (Å²) in [5.41, 5.74) is -0.389. The number of aryl methyl sites for hydroxylation is 1. The molecule has 0 atom stereocenters. The van der Waals surface area contributed by atoms with Crippen LogP contribution in [-0.2, 0) is 20.3 Å². The van der Waals surface area contributed by atoms with Crippen molar-refractivity contribution in [2.45, 2.75) is 63.0 Å². The minimum absolute atomic E-state index is 0.0278. The van der Waals surface area contributed by atoms with Gasteiger partial charge in [0.2, 0.25) is 10.0 Å². The molecule has 28 heavy (non-hydrogen) atoms. The van der Waals surface area contributed by atoms with Gasteiger partial charge in [0, 0.05) is 0 Å². The molecule has 0 aliphatic heterocycles. The molecule has 1 aliphatic carbocycles. The molecule has 0 saturated heterocycles. The lowest BCUT2D eigenvalue weighted by Gasteiger charge is -2.39. The van der Waals surface area contributed by atoms with Crippen molar-refractivity contribution in [1.82, 2.24) is 15.5 Å². The van der Waals surface area contributed by atoms with Crippen molar-refractivity contribution in [2.24, 2.45) is 5.14 Å². The van der Waals surface area contributed by atoms with Crippen LogP contribution in [0.15, 0.2) is 27.6 Å². The Kier molecular flexibility index (Phi) is 4.96. The summed E-state index contributed by atoms with van der Waals surface area (Å²) in [4.78, 5) is 16.5. The third-order valence-corrected chi connectivity index (χ3v) is 5.44. The smallest absolute Gasteiger partial charge is 0.408 e. The number of hydrogen-bond donors (Lipinski definition) is 2. The second kappa shape index (κ2) is 6.85. The van der Waals surface area contributed by atoms with Gasteiger partial charge in [-0.05, 0) is 59.1 Å². The Morgan fingerprint density at radius 1 is 1.32 bits per heavy atom. The van der Waals surface area contributed by atoms with Crippen LogP contribution >= 0.6 is 0 Å². The van der Waals surface area contributed by atoms with Crippen LogP contribution in [0.4, 0.5) is 4.79 Å². The molecule has 3 N–H and O–H groups in total. The third-order valence-electron chi connectivity index (χ3n) is 4.47. The molecule has 1 heterocycles. The van der Waals surface area contributed by atoms with Gasteiger partial charge in [-0.25, -0.2) is 18.4 Å². The molecule has 1 aromatic heterocycles. The second-order valence-corrected chi connectivity index (χ2v) is 9.56. The second-order valence-electron chi connectivity index (χ2n) is 8.03. The van der Waals surface area contributed by atoms with Crippen LogP contribution < -0.4 is 10.5 Å². The van der Waals surface area contributed by atoms with Crippen LogP contribution in [0, 0.1) is 6.92 Å². The number of carbonyl (C=O) groups is 1. The Morgan fingerprint density at radius 3 is 2.54 bits per heavy atom. The molecule has 0 bridgehead atoms. The minimum atomic E-state index is -3.97. The lowest BCUT2D eigenvalue weighted by Crippen LogP contribution is -2.52. The van der Waals surface area contributed by atoms with Gasteiger partial charge in [0.1, 0.15) is 11.1 Å². The zero-order valence-corrected chi connectivity index (χ0v) is 17.1. The van der Waals surface area contributed by atoms with Crippen LogP contribution in [0.5, 0.6) is 0 Å². The van der Waals surface area contributed by atoms with Gasteiger partial charge in [0.25, 0.3) is 5.89 Å². The van der Waals surface area contributed by atoms with Crippen molar-refractivity contribution in [2.75, 3.05) is 0 Å². The average molecular weight is 408 g/mol.